The summed E-state index contributed by atoms with van der Waals surface area (Å²) in [7, 11) is 1.61. The molecular formula is C23H24N2O3. The predicted octanol–water partition coefficient (Wildman–Crippen LogP) is 3.69. The van der Waals surface area contributed by atoms with Gasteiger partial charge in [0, 0.05) is 13.1 Å². The fourth-order valence-electron chi connectivity index (χ4n) is 3.95. The maximum Gasteiger partial charge on any atom is 0.282 e. The fraction of sp³-hybridized carbons (Fsp3) is 0.304. The molecule has 144 valence electrons. The van der Waals surface area contributed by atoms with Crippen LogP contribution < -0.4 is 9.64 Å². The summed E-state index contributed by atoms with van der Waals surface area (Å²) in [6.07, 6.45) is 2.06. The summed E-state index contributed by atoms with van der Waals surface area (Å²) in [5, 5.41) is 0. The topological polar surface area (TPSA) is 49.9 Å². The molecule has 0 atom stereocenters. The third-order valence-corrected chi connectivity index (χ3v) is 5.47. The number of carbonyl (C=O) groups is 2. The number of aryl methyl sites for hydroxylation is 2. The molecule has 2 aromatic carbocycles. The van der Waals surface area contributed by atoms with Crippen molar-refractivity contribution in [1.82, 2.24) is 4.90 Å². The van der Waals surface area contributed by atoms with Crippen molar-refractivity contribution in [2.24, 2.45) is 0 Å². The van der Waals surface area contributed by atoms with Gasteiger partial charge in [-0.15, -0.1) is 0 Å². The Morgan fingerprint density at radius 3 is 2.21 bits per heavy atom. The van der Waals surface area contributed by atoms with Crippen molar-refractivity contribution in [3.8, 4) is 5.75 Å². The number of nitrogens with zero attached hydrogens (tertiary/aromatic N) is 2. The van der Waals surface area contributed by atoms with Gasteiger partial charge in [-0.1, -0.05) is 24.3 Å². The summed E-state index contributed by atoms with van der Waals surface area (Å²) in [6.45, 7) is 5.49. The molecule has 0 spiro atoms. The zero-order chi connectivity index (χ0) is 19.8. The number of hydrogen-bond acceptors (Lipinski definition) is 4. The van der Waals surface area contributed by atoms with Crippen LogP contribution in [0.15, 0.2) is 48.2 Å². The SMILES string of the molecule is COc1ccc(C2=C(N3CCCC3)C(=O)N(c3cc(C)ccc3C)C2=O)cc1. The number of ether oxygens (including phenoxy) is 1. The van der Waals surface area contributed by atoms with Crippen LogP contribution in [0.5, 0.6) is 5.75 Å². The van der Waals surface area contributed by atoms with E-state index in [2.05, 4.69) is 4.90 Å². The van der Waals surface area contributed by atoms with E-state index in [-0.39, 0.29) is 11.8 Å². The third-order valence-electron chi connectivity index (χ3n) is 5.47. The molecule has 0 N–H and O–H groups in total. The summed E-state index contributed by atoms with van der Waals surface area (Å²) >= 11 is 0. The van der Waals surface area contributed by atoms with Crippen LogP contribution in [-0.4, -0.2) is 36.9 Å². The van der Waals surface area contributed by atoms with Gasteiger partial charge in [-0.05, 0) is 61.6 Å². The maximum atomic E-state index is 13.5. The first-order valence-electron chi connectivity index (χ1n) is 9.61. The van der Waals surface area contributed by atoms with Gasteiger partial charge in [-0.2, -0.15) is 0 Å². The highest BCUT2D eigenvalue weighted by molar-refractivity contribution is 6.45. The Kier molecular flexibility index (Phi) is 4.67. The van der Waals surface area contributed by atoms with E-state index in [1.54, 1.807) is 7.11 Å². The molecule has 4 rings (SSSR count). The van der Waals surface area contributed by atoms with Crippen molar-refractivity contribution in [2.75, 3.05) is 25.1 Å². The van der Waals surface area contributed by atoms with E-state index in [0.29, 0.717) is 17.0 Å². The van der Waals surface area contributed by atoms with Crippen LogP contribution in [0.2, 0.25) is 0 Å². The minimum Gasteiger partial charge on any atom is -0.497 e. The lowest BCUT2D eigenvalue weighted by Gasteiger charge is -2.21. The first-order valence-corrected chi connectivity index (χ1v) is 9.61. The first kappa shape index (κ1) is 18.3. The normalized spacial score (nSPS) is 17.1. The second-order valence-electron chi connectivity index (χ2n) is 7.38. The van der Waals surface area contributed by atoms with Gasteiger partial charge in [0.15, 0.2) is 0 Å². The van der Waals surface area contributed by atoms with Crippen LogP contribution in [0.4, 0.5) is 5.69 Å². The molecule has 0 aromatic heterocycles. The number of benzene rings is 2. The van der Waals surface area contributed by atoms with Gasteiger partial charge in [-0.3, -0.25) is 9.59 Å². The number of rotatable bonds is 4. The standard InChI is InChI=1S/C23H24N2O3/c1-15-6-7-16(2)19(14-15)25-22(26)20(17-8-10-18(28-3)11-9-17)21(23(25)27)24-12-4-5-13-24/h6-11,14H,4-5,12-13H2,1-3H3. The molecule has 1 saturated heterocycles. The second kappa shape index (κ2) is 7.15. The van der Waals surface area contributed by atoms with Crippen LogP contribution in [0.1, 0.15) is 29.5 Å². The third kappa shape index (κ3) is 2.97. The Labute approximate surface area is 165 Å². The van der Waals surface area contributed by atoms with Crippen molar-refractivity contribution in [1.29, 1.82) is 0 Å². The number of hydrogen-bond donors (Lipinski definition) is 0. The smallest absolute Gasteiger partial charge is 0.282 e. The summed E-state index contributed by atoms with van der Waals surface area (Å²) in [5.74, 6) is 0.229. The van der Waals surface area contributed by atoms with Gasteiger partial charge in [0.2, 0.25) is 0 Å². The van der Waals surface area contributed by atoms with Gasteiger partial charge >= 0.3 is 0 Å². The minimum atomic E-state index is -0.259. The maximum absolute atomic E-state index is 13.5. The molecule has 0 unspecified atom stereocenters. The van der Waals surface area contributed by atoms with E-state index in [4.69, 9.17) is 4.74 Å². The summed E-state index contributed by atoms with van der Waals surface area (Å²) < 4.78 is 5.24. The summed E-state index contributed by atoms with van der Waals surface area (Å²) in [4.78, 5) is 30.3. The van der Waals surface area contributed by atoms with Gasteiger partial charge in [0.1, 0.15) is 11.4 Å². The molecule has 28 heavy (non-hydrogen) atoms. The Bertz CT molecular complexity index is 970. The Balaban J connectivity index is 1.84. The highest BCUT2D eigenvalue weighted by Gasteiger charge is 2.43. The highest BCUT2D eigenvalue weighted by Crippen LogP contribution is 2.37. The largest absolute Gasteiger partial charge is 0.497 e. The lowest BCUT2D eigenvalue weighted by atomic mass is 10.0. The van der Waals surface area contributed by atoms with E-state index in [0.717, 1.165) is 48.4 Å². The van der Waals surface area contributed by atoms with Crippen molar-refractivity contribution in [2.45, 2.75) is 26.7 Å². The van der Waals surface area contributed by atoms with Crippen LogP contribution in [0.25, 0.3) is 5.57 Å². The van der Waals surface area contributed by atoms with E-state index in [1.165, 1.54) is 4.90 Å². The van der Waals surface area contributed by atoms with Crippen molar-refractivity contribution in [3.05, 3.63) is 64.9 Å². The Morgan fingerprint density at radius 1 is 0.893 bits per heavy atom. The lowest BCUT2D eigenvalue weighted by molar-refractivity contribution is -0.120. The molecule has 2 aliphatic heterocycles. The predicted molar refractivity (Wildman–Crippen MR) is 109 cm³/mol. The van der Waals surface area contributed by atoms with E-state index < -0.39 is 0 Å². The number of imide groups is 1. The molecular weight excluding hydrogens is 352 g/mol. The zero-order valence-electron chi connectivity index (χ0n) is 16.5. The van der Waals surface area contributed by atoms with Gasteiger partial charge in [0.25, 0.3) is 11.8 Å². The summed E-state index contributed by atoms with van der Waals surface area (Å²) in [6, 6.07) is 13.2. The molecule has 2 amide bonds. The van der Waals surface area contributed by atoms with Gasteiger partial charge < -0.3 is 9.64 Å². The first-order chi connectivity index (χ1) is 13.5. The molecule has 5 heteroatoms. The quantitative estimate of drug-likeness (QED) is 0.764. The van der Waals surface area contributed by atoms with Gasteiger partial charge in [0.05, 0.1) is 18.4 Å². The Hall–Kier alpha value is -3.08. The van der Waals surface area contributed by atoms with E-state index >= 15 is 0 Å². The number of amides is 2. The number of methoxy groups -OCH3 is 1. The van der Waals surface area contributed by atoms with Crippen LogP contribution in [-0.2, 0) is 9.59 Å². The van der Waals surface area contributed by atoms with Crippen LogP contribution in [0.3, 0.4) is 0 Å². The average Bonchev–Trinajstić information content (AvgIpc) is 3.30. The fourth-order valence-corrected chi connectivity index (χ4v) is 3.95. The average molecular weight is 376 g/mol. The van der Waals surface area contributed by atoms with Gasteiger partial charge in [-0.25, -0.2) is 4.90 Å². The van der Waals surface area contributed by atoms with Crippen LogP contribution >= 0.6 is 0 Å². The molecule has 2 heterocycles. The molecule has 1 fully saturated rings. The molecule has 0 radical (unpaired) electrons. The number of carbonyl (C=O) groups excluding carboxylic acids is 2. The van der Waals surface area contributed by atoms with E-state index in [9.17, 15) is 9.59 Å². The molecule has 5 nitrogen and oxygen atoms in total. The zero-order valence-corrected chi connectivity index (χ0v) is 16.5. The minimum absolute atomic E-state index is 0.230. The number of likely N-dealkylation sites (tertiary alicyclic amines) is 1. The molecule has 0 aliphatic carbocycles. The number of anilines is 1. The van der Waals surface area contributed by atoms with Crippen molar-refractivity contribution < 1.29 is 14.3 Å². The molecule has 0 saturated carbocycles. The highest BCUT2D eigenvalue weighted by atomic mass is 16.5. The Morgan fingerprint density at radius 2 is 1.57 bits per heavy atom. The van der Waals surface area contributed by atoms with Crippen molar-refractivity contribution in [3.63, 3.8) is 0 Å². The van der Waals surface area contributed by atoms with E-state index in [1.807, 2.05) is 56.3 Å². The molecule has 0 bridgehead atoms. The lowest BCUT2D eigenvalue weighted by Crippen LogP contribution is -2.35. The second-order valence-corrected chi connectivity index (χ2v) is 7.38. The van der Waals surface area contributed by atoms with Crippen LogP contribution in [0, 0.1) is 13.8 Å². The monoisotopic (exact) mass is 376 g/mol. The molecule has 2 aromatic rings. The molecule has 2 aliphatic rings. The van der Waals surface area contributed by atoms with Crippen molar-refractivity contribution >= 4 is 23.1 Å². The summed E-state index contributed by atoms with van der Waals surface area (Å²) in [5.41, 5.74) is 4.33.